The molecule has 4 aromatic carbocycles. The summed E-state index contributed by atoms with van der Waals surface area (Å²) in [7, 11) is 0. The van der Waals surface area contributed by atoms with Crippen LogP contribution in [0.5, 0.6) is 0 Å². The molecule has 1 atom stereocenters. The third-order valence-electron chi connectivity index (χ3n) is 5.08. The number of aryl methyl sites for hydroxylation is 1. The second kappa shape index (κ2) is 9.41. The molecule has 3 N–H and O–H groups in total. The average Bonchev–Trinajstić information content (AvgIpc) is 2.79. The Morgan fingerprint density at radius 3 is 2.23 bits per heavy atom. The number of para-hydroxylation sites is 1. The van der Waals surface area contributed by atoms with E-state index in [9.17, 15) is 4.79 Å². The van der Waals surface area contributed by atoms with Crippen LogP contribution in [0.25, 0.3) is 10.8 Å². The Morgan fingerprint density at radius 2 is 1.45 bits per heavy atom. The molecule has 0 aliphatic rings. The van der Waals surface area contributed by atoms with Gasteiger partial charge in [0.15, 0.2) is 5.11 Å². The lowest BCUT2D eigenvalue weighted by molar-refractivity contribution is -0.117. The molecule has 31 heavy (non-hydrogen) atoms. The average molecular weight is 426 g/mol. The van der Waals surface area contributed by atoms with Crippen LogP contribution in [0.3, 0.4) is 0 Å². The van der Waals surface area contributed by atoms with Gasteiger partial charge in [-0.25, -0.2) is 0 Å². The highest BCUT2D eigenvalue weighted by Gasteiger charge is 2.22. The third kappa shape index (κ3) is 5.08. The van der Waals surface area contributed by atoms with Crippen molar-refractivity contribution in [1.29, 1.82) is 0 Å². The highest BCUT2D eigenvalue weighted by atomic mass is 32.1. The molecule has 0 saturated carbocycles. The Kier molecular flexibility index (Phi) is 6.24. The van der Waals surface area contributed by atoms with Crippen molar-refractivity contribution in [3.63, 3.8) is 0 Å². The summed E-state index contributed by atoms with van der Waals surface area (Å²) in [5.41, 5.74) is 3.47. The summed E-state index contributed by atoms with van der Waals surface area (Å²) in [6.45, 7) is 1.96. The van der Waals surface area contributed by atoms with Gasteiger partial charge in [-0.2, -0.15) is 0 Å². The number of rotatable bonds is 5. The summed E-state index contributed by atoms with van der Waals surface area (Å²) in [6.07, 6.45) is 0. The first-order valence-electron chi connectivity index (χ1n) is 10.1. The van der Waals surface area contributed by atoms with Gasteiger partial charge in [-0.15, -0.1) is 0 Å². The minimum Gasteiger partial charge on any atom is -0.347 e. The zero-order valence-electron chi connectivity index (χ0n) is 17.1. The summed E-state index contributed by atoms with van der Waals surface area (Å²) in [5.74, 6) is -0.178. The summed E-state index contributed by atoms with van der Waals surface area (Å²) in [4.78, 5) is 13.2. The molecule has 0 heterocycles. The fraction of sp³-hybridized carbons (Fsp3) is 0.0769. The van der Waals surface area contributed by atoms with Crippen molar-refractivity contribution in [2.45, 2.75) is 13.0 Å². The molecule has 0 spiro atoms. The molecule has 0 aliphatic carbocycles. The number of thiocarbonyl (C=S) groups is 1. The zero-order chi connectivity index (χ0) is 21.6. The van der Waals surface area contributed by atoms with Gasteiger partial charge in [0.05, 0.1) is 0 Å². The van der Waals surface area contributed by atoms with Gasteiger partial charge in [-0.1, -0.05) is 78.9 Å². The fourth-order valence-corrected chi connectivity index (χ4v) is 3.66. The van der Waals surface area contributed by atoms with Crippen LogP contribution in [0.15, 0.2) is 97.1 Å². The number of hydrogen-bond acceptors (Lipinski definition) is 2. The number of nitrogens with one attached hydrogen (secondary N) is 3. The predicted molar refractivity (Wildman–Crippen MR) is 132 cm³/mol. The predicted octanol–water partition coefficient (Wildman–Crippen LogP) is 5.81. The van der Waals surface area contributed by atoms with Crippen molar-refractivity contribution in [2.24, 2.45) is 0 Å². The highest BCUT2D eigenvalue weighted by Crippen LogP contribution is 2.21. The monoisotopic (exact) mass is 425 g/mol. The molecule has 5 heteroatoms. The molecule has 4 nitrogen and oxygen atoms in total. The van der Waals surface area contributed by atoms with Gasteiger partial charge in [0.25, 0.3) is 5.91 Å². The largest absolute Gasteiger partial charge is 0.347 e. The van der Waals surface area contributed by atoms with Crippen molar-refractivity contribution in [3.8, 4) is 0 Å². The number of hydrogen-bond donors (Lipinski definition) is 3. The Bertz CT molecular complexity index is 1220. The van der Waals surface area contributed by atoms with E-state index in [1.165, 1.54) is 0 Å². The lowest BCUT2D eigenvalue weighted by atomic mass is 10.1. The molecule has 0 aliphatic heterocycles. The molecule has 0 bridgehead atoms. The zero-order valence-corrected chi connectivity index (χ0v) is 17.9. The maximum Gasteiger partial charge on any atom is 0.251 e. The number of anilines is 2. The van der Waals surface area contributed by atoms with Gasteiger partial charge in [0.2, 0.25) is 0 Å². The van der Waals surface area contributed by atoms with E-state index in [0.717, 1.165) is 33.3 Å². The van der Waals surface area contributed by atoms with Crippen molar-refractivity contribution in [1.82, 2.24) is 5.32 Å². The number of benzene rings is 4. The van der Waals surface area contributed by atoms with E-state index in [-0.39, 0.29) is 5.91 Å². The van der Waals surface area contributed by atoms with Gasteiger partial charge >= 0.3 is 0 Å². The Morgan fingerprint density at radius 1 is 0.774 bits per heavy atom. The summed E-state index contributed by atoms with van der Waals surface area (Å²) in [6, 6.07) is 30.8. The summed E-state index contributed by atoms with van der Waals surface area (Å²) >= 11 is 5.54. The number of amides is 1. The molecule has 4 aromatic rings. The van der Waals surface area contributed by atoms with Crippen LogP contribution in [0.4, 0.5) is 11.4 Å². The van der Waals surface area contributed by atoms with E-state index in [4.69, 9.17) is 12.2 Å². The Labute approximate surface area is 187 Å². The minimum atomic E-state index is -0.638. The quantitative estimate of drug-likeness (QED) is 0.353. The van der Waals surface area contributed by atoms with E-state index in [1.807, 2.05) is 91.9 Å². The first-order chi connectivity index (χ1) is 15.1. The fourth-order valence-electron chi connectivity index (χ4n) is 3.43. The number of carbonyl (C=O) groups is 1. The third-order valence-corrected chi connectivity index (χ3v) is 5.30. The molecular formula is C26H23N3OS. The number of fused-ring (bicyclic) bond motifs is 1. The van der Waals surface area contributed by atoms with Crippen LogP contribution in [0.2, 0.25) is 0 Å². The second-order valence-corrected chi connectivity index (χ2v) is 7.72. The SMILES string of the molecule is Cc1ccccc1NC(=O)C(NC(=S)Nc1ccc2ccccc2c1)c1ccccc1. The molecular weight excluding hydrogens is 402 g/mol. The van der Waals surface area contributed by atoms with E-state index in [0.29, 0.717) is 5.11 Å². The summed E-state index contributed by atoms with van der Waals surface area (Å²) < 4.78 is 0. The summed E-state index contributed by atoms with van der Waals surface area (Å²) in [5, 5.41) is 12.1. The molecule has 1 unspecified atom stereocenters. The molecule has 0 aromatic heterocycles. The van der Waals surface area contributed by atoms with E-state index < -0.39 is 6.04 Å². The lowest BCUT2D eigenvalue weighted by Crippen LogP contribution is -2.39. The van der Waals surface area contributed by atoms with Crippen LogP contribution < -0.4 is 16.0 Å². The first-order valence-corrected chi connectivity index (χ1v) is 10.5. The van der Waals surface area contributed by atoms with Gasteiger partial charge in [-0.3, -0.25) is 4.79 Å². The van der Waals surface area contributed by atoms with Crippen molar-refractivity contribution in [2.75, 3.05) is 10.6 Å². The molecule has 0 saturated heterocycles. The van der Waals surface area contributed by atoms with E-state index in [2.05, 4.69) is 28.1 Å². The van der Waals surface area contributed by atoms with Crippen molar-refractivity contribution < 1.29 is 4.79 Å². The molecule has 0 fully saturated rings. The minimum absolute atomic E-state index is 0.178. The van der Waals surface area contributed by atoms with Crippen LogP contribution >= 0.6 is 12.2 Å². The van der Waals surface area contributed by atoms with Gasteiger partial charge in [-0.05, 0) is 59.2 Å². The van der Waals surface area contributed by atoms with Gasteiger partial charge in [0, 0.05) is 11.4 Å². The Hall–Kier alpha value is -3.70. The standard InChI is InChI=1S/C26H23N3OS/c1-18-9-5-8-14-23(18)28-25(30)24(20-11-3-2-4-12-20)29-26(31)27-22-16-15-19-10-6-7-13-21(19)17-22/h2-17,24H,1H3,(H,28,30)(H2,27,29,31). The molecule has 4 rings (SSSR count). The van der Waals surface area contributed by atoms with Crippen LogP contribution in [0, 0.1) is 6.92 Å². The van der Waals surface area contributed by atoms with Gasteiger partial charge < -0.3 is 16.0 Å². The number of carbonyl (C=O) groups excluding carboxylic acids is 1. The van der Waals surface area contributed by atoms with Gasteiger partial charge in [0.1, 0.15) is 6.04 Å². The normalized spacial score (nSPS) is 11.5. The van der Waals surface area contributed by atoms with E-state index >= 15 is 0 Å². The highest BCUT2D eigenvalue weighted by molar-refractivity contribution is 7.80. The topological polar surface area (TPSA) is 53.2 Å². The Balaban J connectivity index is 1.53. The lowest BCUT2D eigenvalue weighted by Gasteiger charge is -2.21. The van der Waals surface area contributed by atoms with Crippen LogP contribution in [0.1, 0.15) is 17.2 Å². The van der Waals surface area contributed by atoms with Crippen molar-refractivity contribution in [3.05, 3.63) is 108 Å². The van der Waals surface area contributed by atoms with Crippen LogP contribution in [-0.4, -0.2) is 11.0 Å². The maximum atomic E-state index is 13.2. The molecule has 154 valence electrons. The van der Waals surface area contributed by atoms with E-state index in [1.54, 1.807) is 0 Å². The van der Waals surface area contributed by atoms with Crippen molar-refractivity contribution >= 4 is 45.4 Å². The smallest absolute Gasteiger partial charge is 0.251 e. The first kappa shape index (κ1) is 20.6. The molecule has 1 amide bonds. The van der Waals surface area contributed by atoms with Crippen LogP contribution in [-0.2, 0) is 4.79 Å². The maximum absolute atomic E-state index is 13.2. The molecule has 0 radical (unpaired) electrons. The second-order valence-electron chi connectivity index (χ2n) is 7.31.